The number of benzene rings is 1. The normalized spacial score (nSPS) is 14.1. The van der Waals surface area contributed by atoms with Gasteiger partial charge in [0.1, 0.15) is 0 Å². The van der Waals surface area contributed by atoms with E-state index in [1.165, 1.54) is 36.0 Å². The number of H-pyrrole nitrogens is 1. The number of fused-ring (bicyclic) bond motifs is 1. The number of rotatable bonds is 2. The maximum atomic E-state index is 5.56. The average Bonchev–Trinajstić information content (AvgIpc) is 2.96. The van der Waals surface area contributed by atoms with Gasteiger partial charge in [-0.25, -0.2) is 0 Å². The van der Waals surface area contributed by atoms with Crippen molar-refractivity contribution in [2.24, 2.45) is 5.73 Å². The minimum Gasteiger partial charge on any atom is -0.325 e. The smallest absolute Gasteiger partial charge is 0.0924 e. The Bertz CT molecular complexity index is 514. The first-order valence-electron chi connectivity index (χ1n) is 5.73. The van der Waals surface area contributed by atoms with Crippen molar-refractivity contribution in [2.75, 3.05) is 0 Å². The van der Waals surface area contributed by atoms with Crippen LogP contribution in [0.3, 0.4) is 0 Å². The van der Waals surface area contributed by atoms with Gasteiger partial charge in [-0.3, -0.25) is 5.10 Å². The third kappa shape index (κ3) is 1.53. The molecule has 1 heterocycles. The predicted molar refractivity (Wildman–Crippen MR) is 63.9 cm³/mol. The fraction of sp³-hybridized carbons (Fsp3) is 0.308. The highest BCUT2D eigenvalue weighted by Gasteiger charge is 2.12. The summed E-state index contributed by atoms with van der Waals surface area (Å²) >= 11 is 0. The number of hydrogen-bond acceptors (Lipinski definition) is 2. The molecule has 3 heteroatoms. The van der Waals surface area contributed by atoms with Crippen molar-refractivity contribution in [3.05, 3.63) is 41.1 Å². The molecule has 2 aromatic rings. The second-order valence-electron chi connectivity index (χ2n) is 4.32. The van der Waals surface area contributed by atoms with E-state index in [1.807, 2.05) is 6.07 Å². The zero-order chi connectivity index (χ0) is 11.0. The third-order valence-electron chi connectivity index (χ3n) is 3.25. The molecule has 1 aliphatic rings. The van der Waals surface area contributed by atoms with Gasteiger partial charge in [-0.05, 0) is 42.5 Å². The minimum atomic E-state index is 0.512. The second kappa shape index (κ2) is 3.76. The molecule has 0 atom stereocenters. The van der Waals surface area contributed by atoms with E-state index < -0.39 is 0 Å². The lowest BCUT2D eigenvalue weighted by Gasteiger charge is -2.01. The summed E-state index contributed by atoms with van der Waals surface area (Å²) in [6.45, 7) is 0.512. The van der Waals surface area contributed by atoms with Crippen LogP contribution in [0.1, 0.15) is 23.2 Å². The summed E-state index contributed by atoms with van der Waals surface area (Å²) in [5, 5.41) is 7.22. The van der Waals surface area contributed by atoms with E-state index in [4.69, 9.17) is 5.73 Å². The number of hydrogen-bond donors (Lipinski definition) is 2. The highest BCUT2D eigenvalue weighted by Crippen LogP contribution is 2.27. The fourth-order valence-electron chi connectivity index (χ4n) is 2.35. The topological polar surface area (TPSA) is 54.7 Å². The Morgan fingerprint density at radius 2 is 2.06 bits per heavy atom. The van der Waals surface area contributed by atoms with Crippen LogP contribution in [-0.2, 0) is 19.4 Å². The van der Waals surface area contributed by atoms with Crippen LogP contribution in [0.4, 0.5) is 0 Å². The number of aromatic nitrogens is 2. The lowest BCUT2D eigenvalue weighted by Crippen LogP contribution is -1.95. The average molecular weight is 213 g/mol. The lowest BCUT2D eigenvalue weighted by molar-refractivity contribution is 0.912. The SMILES string of the molecule is NCc1cc(-c2ccc3c(c2)CCC3)n[nH]1. The van der Waals surface area contributed by atoms with Gasteiger partial charge in [0.2, 0.25) is 0 Å². The molecular formula is C13H15N3. The van der Waals surface area contributed by atoms with Gasteiger partial charge in [-0.1, -0.05) is 12.1 Å². The molecule has 1 aromatic heterocycles. The van der Waals surface area contributed by atoms with Crippen molar-refractivity contribution in [1.82, 2.24) is 10.2 Å². The molecule has 82 valence electrons. The first-order valence-corrected chi connectivity index (χ1v) is 5.73. The quantitative estimate of drug-likeness (QED) is 0.802. The first-order chi connectivity index (χ1) is 7.86. The van der Waals surface area contributed by atoms with Crippen molar-refractivity contribution in [3.63, 3.8) is 0 Å². The van der Waals surface area contributed by atoms with Crippen molar-refractivity contribution < 1.29 is 0 Å². The van der Waals surface area contributed by atoms with Crippen LogP contribution in [0, 0.1) is 0 Å². The molecule has 3 rings (SSSR count). The summed E-state index contributed by atoms with van der Waals surface area (Å²) < 4.78 is 0. The van der Waals surface area contributed by atoms with Crippen molar-refractivity contribution in [1.29, 1.82) is 0 Å². The molecule has 0 amide bonds. The highest BCUT2D eigenvalue weighted by atomic mass is 15.1. The summed E-state index contributed by atoms with van der Waals surface area (Å²) in [6, 6.07) is 8.67. The van der Waals surface area contributed by atoms with Gasteiger partial charge in [-0.15, -0.1) is 0 Å². The predicted octanol–water partition coefficient (Wildman–Crippen LogP) is 2.02. The van der Waals surface area contributed by atoms with E-state index in [2.05, 4.69) is 28.4 Å². The number of aromatic amines is 1. The Morgan fingerprint density at radius 3 is 2.88 bits per heavy atom. The molecule has 0 bridgehead atoms. The largest absolute Gasteiger partial charge is 0.325 e. The molecule has 0 radical (unpaired) electrons. The Labute approximate surface area is 94.7 Å². The van der Waals surface area contributed by atoms with Gasteiger partial charge >= 0.3 is 0 Å². The first kappa shape index (κ1) is 9.60. The van der Waals surface area contributed by atoms with E-state index in [9.17, 15) is 0 Å². The lowest BCUT2D eigenvalue weighted by atomic mass is 10.0. The highest BCUT2D eigenvalue weighted by molar-refractivity contribution is 5.61. The number of nitrogens with two attached hydrogens (primary N) is 1. The van der Waals surface area contributed by atoms with E-state index in [1.54, 1.807) is 0 Å². The van der Waals surface area contributed by atoms with Gasteiger partial charge in [0, 0.05) is 17.8 Å². The summed E-state index contributed by atoms with van der Waals surface area (Å²) in [6.07, 6.45) is 3.72. The zero-order valence-electron chi connectivity index (χ0n) is 9.16. The zero-order valence-corrected chi connectivity index (χ0v) is 9.16. The molecule has 1 aliphatic carbocycles. The van der Waals surface area contributed by atoms with Gasteiger partial charge in [0.25, 0.3) is 0 Å². The van der Waals surface area contributed by atoms with Crippen molar-refractivity contribution in [2.45, 2.75) is 25.8 Å². The molecule has 0 fully saturated rings. The fourth-order valence-corrected chi connectivity index (χ4v) is 2.35. The molecule has 0 spiro atoms. The summed E-state index contributed by atoms with van der Waals surface area (Å²) in [5.41, 5.74) is 11.7. The Hall–Kier alpha value is -1.61. The molecule has 0 saturated carbocycles. The minimum absolute atomic E-state index is 0.512. The van der Waals surface area contributed by atoms with Crippen LogP contribution >= 0.6 is 0 Å². The van der Waals surface area contributed by atoms with E-state index >= 15 is 0 Å². The second-order valence-corrected chi connectivity index (χ2v) is 4.32. The standard InChI is InChI=1S/C13H15N3/c14-8-12-7-13(16-15-12)11-5-4-9-2-1-3-10(9)6-11/h4-7H,1-3,8,14H2,(H,15,16). The molecule has 1 aromatic carbocycles. The van der Waals surface area contributed by atoms with Gasteiger partial charge < -0.3 is 5.73 Å². The Kier molecular flexibility index (Phi) is 2.26. The number of aryl methyl sites for hydroxylation is 2. The third-order valence-corrected chi connectivity index (χ3v) is 3.25. The van der Waals surface area contributed by atoms with E-state index in [0.29, 0.717) is 6.54 Å². The molecular weight excluding hydrogens is 198 g/mol. The van der Waals surface area contributed by atoms with E-state index in [0.717, 1.165) is 11.4 Å². The van der Waals surface area contributed by atoms with Gasteiger partial charge in [0.15, 0.2) is 0 Å². The molecule has 0 saturated heterocycles. The van der Waals surface area contributed by atoms with Crippen LogP contribution in [0.5, 0.6) is 0 Å². The monoisotopic (exact) mass is 213 g/mol. The van der Waals surface area contributed by atoms with Crippen LogP contribution in [0.25, 0.3) is 11.3 Å². The summed E-state index contributed by atoms with van der Waals surface area (Å²) in [7, 11) is 0. The Morgan fingerprint density at radius 1 is 1.19 bits per heavy atom. The maximum Gasteiger partial charge on any atom is 0.0924 e. The number of nitrogens with one attached hydrogen (secondary N) is 1. The molecule has 16 heavy (non-hydrogen) atoms. The summed E-state index contributed by atoms with van der Waals surface area (Å²) in [4.78, 5) is 0. The summed E-state index contributed by atoms with van der Waals surface area (Å²) in [5.74, 6) is 0. The van der Waals surface area contributed by atoms with Crippen LogP contribution in [-0.4, -0.2) is 10.2 Å². The maximum absolute atomic E-state index is 5.56. The Balaban J connectivity index is 2.00. The van der Waals surface area contributed by atoms with Crippen molar-refractivity contribution in [3.8, 4) is 11.3 Å². The van der Waals surface area contributed by atoms with Crippen LogP contribution in [0.15, 0.2) is 24.3 Å². The molecule has 0 aliphatic heterocycles. The van der Waals surface area contributed by atoms with Gasteiger partial charge in [0.05, 0.1) is 5.69 Å². The molecule has 3 nitrogen and oxygen atoms in total. The molecule has 3 N–H and O–H groups in total. The van der Waals surface area contributed by atoms with Crippen LogP contribution in [0.2, 0.25) is 0 Å². The molecule has 0 unspecified atom stereocenters. The van der Waals surface area contributed by atoms with E-state index in [-0.39, 0.29) is 0 Å². The number of nitrogens with zero attached hydrogens (tertiary/aromatic N) is 1. The van der Waals surface area contributed by atoms with Gasteiger partial charge in [-0.2, -0.15) is 5.10 Å². The van der Waals surface area contributed by atoms with Crippen molar-refractivity contribution >= 4 is 0 Å². The van der Waals surface area contributed by atoms with Crippen LogP contribution < -0.4 is 5.73 Å².